The summed E-state index contributed by atoms with van der Waals surface area (Å²) in [6, 6.07) is 10.1. The molecule has 3 aromatic rings. The van der Waals surface area contributed by atoms with Crippen molar-refractivity contribution in [2.45, 2.75) is 10.1 Å². The monoisotopic (exact) mass is 285 g/mol. The van der Waals surface area contributed by atoms with Crippen LogP contribution in [-0.2, 0) is 0 Å². The Balaban J connectivity index is 1.83. The third kappa shape index (κ3) is 2.43. The van der Waals surface area contributed by atoms with Gasteiger partial charge in [0.25, 0.3) is 0 Å². The van der Waals surface area contributed by atoms with E-state index in [9.17, 15) is 0 Å². The van der Waals surface area contributed by atoms with Crippen LogP contribution in [0.4, 0.5) is 0 Å². The van der Waals surface area contributed by atoms with E-state index in [-0.39, 0.29) is 5.84 Å². The number of aromatic amines is 1. The molecular weight excluding hydrogens is 274 g/mol. The second kappa shape index (κ2) is 5.22. The molecule has 0 aliphatic rings. The molecule has 0 atom stereocenters. The van der Waals surface area contributed by atoms with Crippen LogP contribution in [0.2, 0.25) is 0 Å². The number of benzene rings is 1. The van der Waals surface area contributed by atoms with E-state index in [1.807, 2.05) is 24.3 Å². The fourth-order valence-corrected chi connectivity index (χ4v) is 2.55. The maximum absolute atomic E-state index is 8.56. The van der Waals surface area contributed by atoms with Gasteiger partial charge in [-0.3, -0.25) is 0 Å². The zero-order valence-corrected chi connectivity index (χ0v) is 11.1. The first-order valence-corrected chi connectivity index (χ1v) is 6.63. The Labute approximate surface area is 118 Å². The Morgan fingerprint density at radius 3 is 2.80 bits per heavy atom. The molecule has 0 unspecified atom stereocenters. The summed E-state index contributed by atoms with van der Waals surface area (Å²) in [5, 5.41) is 14.3. The zero-order valence-electron chi connectivity index (χ0n) is 10.3. The number of nitrogens with two attached hydrogens (primary N) is 1. The van der Waals surface area contributed by atoms with Gasteiger partial charge in [0.1, 0.15) is 10.7 Å². The number of rotatable bonds is 3. The van der Waals surface area contributed by atoms with Gasteiger partial charge in [-0.15, -0.1) is 0 Å². The van der Waals surface area contributed by atoms with E-state index in [1.165, 1.54) is 18.0 Å². The fraction of sp³-hybridized carbons (Fsp3) is 0. The molecule has 0 radical (unpaired) electrons. The van der Waals surface area contributed by atoms with Gasteiger partial charge in [-0.1, -0.05) is 35.1 Å². The Hall–Kier alpha value is -2.54. The van der Waals surface area contributed by atoms with Gasteiger partial charge in [-0.05, 0) is 12.1 Å². The van der Waals surface area contributed by atoms with Crippen molar-refractivity contribution in [3.8, 4) is 0 Å². The summed E-state index contributed by atoms with van der Waals surface area (Å²) in [6.07, 6.45) is 3.06. The average molecular weight is 285 g/mol. The van der Waals surface area contributed by atoms with Crippen molar-refractivity contribution in [3.05, 3.63) is 48.4 Å². The maximum atomic E-state index is 8.56. The third-order valence-corrected chi connectivity index (χ3v) is 3.58. The summed E-state index contributed by atoms with van der Waals surface area (Å²) in [7, 11) is 0. The minimum Gasteiger partial charge on any atom is -0.409 e. The van der Waals surface area contributed by atoms with Gasteiger partial charge >= 0.3 is 0 Å². The largest absolute Gasteiger partial charge is 0.409 e. The molecule has 0 aliphatic heterocycles. The third-order valence-electron chi connectivity index (χ3n) is 2.72. The number of hydrogen-bond acceptors (Lipinski definition) is 5. The Morgan fingerprint density at radius 2 is 2.10 bits per heavy atom. The number of H-pyrrole nitrogens is 1. The Bertz CT molecular complexity index is 733. The van der Waals surface area contributed by atoms with Crippen molar-refractivity contribution in [2.75, 3.05) is 0 Å². The van der Waals surface area contributed by atoms with Gasteiger partial charge in [-0.25, -0.2) is 9.97 Å². The Morgan fingerprint density at radius 1 is 1.25 bits per heavy atom. The summed E-state index contributed by atoms with van der Waals surface area (Å²) < 4.78 is 0. The maximum Gasteiger partial charge on any atom is 0.190 e. The molecule has 2 heterocycles. The van der Waals surface area contributed by atoms with E-state index in [4.69, 9.17) is 10.9 Å². The summed E-state index contributed by atoms with van der Waals surface area (Å²) in [5.41, 5.74) is 6.85. The van der Waals surface area contributed by atoms with Gasteiger partial charge in [-0.2, -0.15) is 0 Å². The average Bonchev–Trinajstić information content (AvgIpc) is 2.89. The lowest BCUT2D eigenvalue weighted by Crippen LogP contribution is -2.15. The highest BCUT2D eigenvalue weighted by Crippen LogP contribution is 2.27. The van der Waals surface area contributed by atoms with Crippen molar-refractivity contribution >= 4 is 28.5 Å². The van der Waals surface area contributed by atoms with Crippen LogP contribution in [0, 0.1) is 0 Å². The second-order valence-corrected chi connectivity index (χ2v) is 5.11. The molecule has 4 N–H and O–H groups in total. The van der Waals surface area contributed by atoms with Crippen molar-refractivity contribution in [2.24, 2.45) is 10.9 Å². The topological polar surface area (TPSA) is 100 Å². The number of oxime groups is 1. The van der Waals surface area contributed by atoms with E-state index in [2.05, 4.69) is 26.2 Å². The van der Waals surface area contributed by atoms with Crippen LogP contribution in [0.3, 0.4) is 0 Å². The molecule has 1 aromatic carbocycles. The number of aromatic nitrogens is 3. The van der Waals surface area contributed by atoms with Crippen LogP contribution in [0.25, 0.3) is 10.9 Å². The van der Waals surface area contributed by atoms with Crippen LogP contribution in [0.1, 0.15) is 5.69 Å². The van der Waals surface area contributed by atoms with Crippen LogP contribution in [0.5, 0.6) is 0 Å². The molecular formula is C13H11N5OS. The quantitative estimate of drug-likeness (QED) is 0.296. The summed E-state index contributed by atoms with van der Waals surface area (Å²) in [4.78, 5) is 11.6. The molecule has 0 aliphatic carbocycles. The molecule has 0 bridgehead atoms. The number of para-hydroxylation sites is 1. The molecule has 2 aromatic heterocycles. The lowest BCUT2D eigenvalue weighted by Gasteiger charge is -1.99. The standard InChI is InChI=1S/C13H11N5OS/c14-13(18-19)10-6-16-12(7-15-10)20-11-5-8-3-1-2-4-9(8)17-11/h1-7,17,19H,(H2,14,18). The molecule has 0 fully saturated rings. The first kappa shape index (κ1) is 12.5. The first-order chi connectivity index (χ1) is 9.76. The van der Waals surface area contributed by atoms with Gasteiger partial charge in [0.05, 0.1) is 17.4 Å². The van der Waals surface area contributed by atoms with Crippen molar-refractivity contribution < 1.29 is 5.21 Å². The lowest BCUT2D eigenvalue weighted by molar-refractivity contribution is 0.318. The molecule has 0 saturated carbocycles. The van der Waals surface area contributed by atoms with E-state index in [0.29, 0.717) is 5.69 Å². The minimum atomic E-state index is -0.0559. The van der Waals surface area contributed by atoms with Crippen molar-refractivity contribution in [1.82, 2.24) is 15.0 Å². The molecule has 0 saturated heterocycles. The number of nitrogens with zero attached hydrogens (tertiary/aromatic N) is 3. The van der Waals surface area contributed by atoms with Crippen LogP contribution < -0.4 is 5.73 Å². The van der Waals surface area contributed by atoms with E-state index in [0.717, 1.165) is 21.0 Å². The summed E-state index contributed by atoms with van der Waals surface area (Å²) >= 11 is 1.47. The fourth-order valence-electron chi connectivity index (χ4n) is 1.77. The Kier molecular flexibility index (Phi) is 3.26. The van der Waals surface area contributed by atoms with Crippen LogP contribution in [-0.4, -0.2) is 26.0 Å². The highest BCUT2D eigenvalue weighted by Gasteiger charge is 2.06. The van der Waals surface area contributed by atoms with Gasteiger partial charge in [0.2, 0.25) is 0 Å². The second-order valence-electron chi connectivity index (χ2n) is 4.05. The minimum absolute atomic E-state index is 0.0559. The molecule has 0 spiro atoms. The predicted octanol–water partition coefficient (Wildman–Crippen LogP) is 2.20. The normalized spacial score (nSPS) is 11.9. The zero-order chi connectivity index (χ0) is 13.9. The summed E-state index contributed by atoms with van der Waals surface area (Å²) in [5.74, 6) is -0.0559. The highest BCUT2D eigenvalue weighted by atomic mass is 32.2. The van der Waals surface area contributed by atoms with Crippen LogP contribution in [0.15, 0.2) is 57.9 Å². The van der Waals surface area contributed by atoms with Crippen molar-refractivity contribution in [3.63, 3.8) is 0 Å². The molecule has 6 nitrogen and oxygen atoms in total. The van der Waals surface area contributed by atoms with Gasteiger partial charge < -0.3 is 15.9 Å². The lowest BCUT2D eigenvalue weighted by atomic mass is 10.3. The molecule has 7 heteroatoms. The number of hydrogen-bond donors (Lipinski definition) is 3. The van der Waals surface area contributed by atoms with E-state index < -0.39 is 0 Å². The SMILES string of the molecule is N/C(=N/O)c1cnc(Sc2cc3ccccc3[nH]2)cn1. The van der Waals surface area contributed by atoms with Gasteiger partial charge in [0.15, 0.2) is 5.84 Å². The molecule has 100 valence electrons. The van der Waals surface area contributed by atoms with E-state index >= 15 is 0 Å². The highest BCUT2D eigenvalue weighted by molar-refractivity contribution is 7.99. The van der Waals surface area contributed by atoms with Gasteiger partial charge in [0, 0.05) is 10.9 Å². The van der Waals surface area contributed by atoms with Crippen LogP contribution >= 0.6 is 11.8 Å². The molecule has 20 heavy (non-hydrogen) atoms. The van der Waals surface area contributed by atoms with Crippen molar-refractivity contribution in [1.29, 1.82) is 0 Å². The summed E-state index contributed by atoms with van der Waals surface area (Å²) in [6.45, 7) is 0. The molecule has 3 rings (SSSR count). The van der Waals surface area contributed by atoms with E-state index in [1.54, 1.807) is 6.20 Å². The number of amidine groups is 1. The predicted molar refractivity (Wildman–Crippen MR) is 77.0 cm³/mol. The smallest absolute Gasteiger partial charge is 0.190 e. The first-order valence-electron chi connectivity index (χ1n) is 5.82. The molecule has 0 amide bonds. The number of fused-ring (bicyclic) bond motifs is 1. The number of nitrogens with one attached hydrogen (secondary N) is 1.